The maximum absolute atomic E-state index is 13.8. The van der Waals surface area contributed by atoms with Crippen LogP contribution in [0, 0.1) is 11.2 Å². The molecule has 3 nitrogen and oxygen atoms in total. The van der Waals surface area contributed by atoms with E-state index in [-0.39, 0.29) is 17.5 Å². The lowest BCUT2D eigenvalue weighted by molar-refractivity contribution is 0.300. The van der Waals surface area contributed by atoms with E-state index in [0.29, 0.717) is 26.9 Å². The number of rotatable bonds is 4. The summed E-state index contributed by atoms with van der Waals surface area (Å²) in [6, 6.07) is 7.14. The maximum atomic E-state index is 13.8. The number of nitrogens with two attached hydrogens (primary N) is 1. The third kappa shape index (κ3) is 3.79. The Morgan fingerprint density at radius 2 is 1.76 bits per heavy atom. The third-order valence-electron chi connectivity index (χ3n) is 2.72. The molecule has 0 aliphatic carbocycles. The van der Waals surface area contributed by atoms with Crippen molar-refractivity contribution in [3.8, 4) is 5.75 Å². The Morgan fingerprint density at radius 1 is 1.10 bits per heavy atom. The van der Waals surface area contributed by atoms with Gasteiger partial charge in [0, 0.05) is 17.2 Å². The summed E-state index contributed by atoms with van der Waals surface area (Å²) in [6.07, 6.45) is 0. The van der Waals surface area contributed by atoms with Gasteiger partial charge in [0.05, 0.1) is 15.1 Å². The van der Waals surface area contributed by atoms with Gasteiger partial charge in [0.2, 0.25) is 0 Å². The SMILES string of the molecule is N=C(N)c1ccc(COc2cc(Cl)c(Cl)cc2Cl)c(F)c1. The molecular weight excluding hydrogens is 338 g/mol. The van der Waals surface area contributed by atoms with Gasteiger partial charge in [0.25, 0.3) is 0 Å². The van der Waals surface area contributed by atoms with Crippen molar-refractivity contribution < 1.29 is 9.13 Å². The topological polar surface area (TPSA) is 59.1 Å². The number of hydrogen-bond acceptors (Lipinski definition) is 2. The van der Waals surface area contributed by atoms with Gasteiger partial charge in [-0.1, -0.05) is 46.9 Å². The second kappa shape index (κ2) is 6.52. The predicted octanol–water partition coefficient (Wildman–Crippen LogP) is 4.65. The quantitative estimate of drug-likeness (QED) is 0.480. The first-order valence-electron chi connectivity index (χ1n) is 5.78. The van der Waals surface area contributed by atoms with E-state index in [1.54, 1.807) is 6.07 Å². The highest BCUT2D eigenvalue weighted by atomic mass is 35.5. The zero-order chi connectivity index (χ0) is 15.6. The van der Waals surface area contributed by atoms with Crippen LogP contribution in [0.25, 0.3) is 0 Å². The van der Waals surface area contributed by atoms with Crippen molar-refractivity contribution >= 4 is 40.6 Å². The van der Waals surface area contributed by atoms with Crippen LogP contribution in [0.5, 0.6) is 5.75 Å². The van der Waals surface area contributed by atoms with Crippen LogP contribution >= 0.6 is 34.8 Å². The smallest absolute Gasteiger partial charge is 0.139 e. The second-order valence-corrected chi connectivity index (χ2v) is 5.43. The van der Waals surface area contributed by atoms with Gasteiger partial charge in [-0.05, 0) is 12.1 Å². The molecule has 0 unspecified atom stereocenters. The number of halogens is 4. The molecule has 2 aromatic carbocycles. The van der Waals surface area contributed by atoms with Crippen molar-refractivity contribution in [1.82, 2.24) is 0 Å². The summed E-state index contributed by atoms with van der Waals surface area (Å²) >= 11 is 17.7. The van der Waals surface area contributed by atoms with Crippen LogP contribution in [0.1, 0.15) is 11.1 Å². The summed E-state index contributed by atoms with van der Waals surface area (Å²) < 4.78 is 19.3. The van der Waals surface area contributed by atoms with Gasteiger partial charge in [0.1, 0.15) is 24.0 Å². The summed E-state index contributed by atoms with van der Waals surface area (Å²) in [4.78, 5) is 0. The number of hydrogen-bond donors (Lipinski definition) is 2. The van der Waals surface area contributed by atoms with Crippen LogP contribution in [0.3, 0.4) is 0 Å². The van der Waals surface area contributed by atoms with Gasteiger partial charge < -0.3 is 10.5 Å². The summed E-state index contributed by atoms with van der Waals surface area (Å²) in [5, 5.41) is 8.13. The number of nitrogen functional groups attached to an aromatic ring is 1. The van der Waals surface area contributed by atoms with Crippen molar-refractivity contribution in [2.75, 3.05) is 0 Å². The van der Waals surface area contributed by atoms with Gasteiger partial charge in [-0.15, -0.1) is 0 Å². The van der Waals surface area contributed by atoms with E-state index in [2.05, 4.69) is 0 Å². The van der Waals surface area contributed by atoms with Crippen LogP contribution < -0.4 is 10.5 Å². The molecular formula is C14H10Cl3FN2O. The van der Waals surface area contributed by atoms with Crippen molar-refractivity contribution in [3.63, 3.8) is 0 Å². The molecule has 21 heavy (non-hydrogen) atoms. The fraction of sp³-hybridized carbons (Fsp3) is 0.0714. The minimum atomic E-state index is -0.515. The fourth-order valence-electron chi connectivity index (χ4n) is 1.60. The van der Waals surface area contributed by atoms with Gasteiger partial charge in [-0.3, -0.25) is 5.41 Å². The lowest BCUT2D eigenvalue weighted by Crippen LogP contribution is -2.12. The molecule has 0 saturated carbocycles. The van der Waals surface area contributed by atoms with Crippen molar-refractivity contribution in [1.29, 1.82) is 5.41 Å². The maximum Gasteiger partial charge on any atom is 0.139 e. The first-order chi connectivity index (χ1) is 9.88. The standard InChI is InChI=1S/C14H10Cl3FN2O/c15-9-4-11(17)13(5-10(9)16)21-6-8-2-1-7(14(19)20)3-12(8)18/h1-5H,6H2,(H3,19,20). The van der Waals surface area contributed by atoms with Gasteiger partial charge >= 0.3 is 0 Å². The molecule has 0 atom stereocenters. The molecule has 2 rings (SSSR count). The lowest BCUT2D eigenvalue weighted by atomic mass is 10.1. The molecule has 0 bridgehead atoms. The molecule has 0 aliphatic rings. The molecule has 0 fully saturated rings. The summed E-state index contributed by atoms with van der Waals surface area (Å²) in [5.41, 5.74) is 5.91. The van der Waals surface area contributed by atoms with E-state index in [1.165, 1.54) is 24.3 Å². The Kier molecular flexibility index (Phi) is 4.93. The highest BCUT2D eigenvalue weighted by molar-refractivity contribution is 6.43. The minimum absolute atomic E-state index is 0.0400. The van der Waals surface area contributed by atoms with Gasteiger partial charge in [-0.25, -0.2) is 4.39 Å². The van der Waals surface area contributed by atoms with Crippen LogP contribution in [-0.4, -0.2) is 5.84 Å². The Hall–Kier alpha value is -1.49. The van der Waals surface area contributed by atoms with E-state index in [1.807, 2.05) is 0 Å². The van der Waals surface area contributed by atoms with Crippen LogP contribution in [0.15, 0.2) is 30.3 Å². The minimum Gasteiger partial charge on any atom is -0.487 e. The monoisotopic (exact) mass is 346 g/mol. The lowest BCUT2D eigenvalue weighted by Gasteiger charge is -2.10. The number of benzene rings is 2. The van der Waals surface area contributed by atoms with E-state index in [4.69, 9.17) is 50.7 Å². The average Bonchev–Trinajstić information content (AvgIpc) is 2.42. The molecule has 0 aromatic heterocycles. The Labute approximate surface area is 135 Å². The first-order valence-corrected chi connectivity index (χ1v) is 6.92. The second-order valence-electron chi connectivity index (χ2n) is 4.21. The molecule has 7 heteroatoms. The zero-order valence-electron chi connectivity index (χ0n) is 10.6. The molecule has 2 aromatic rings. The predicted molar refractivity (Wildman–Crippen MR) is 83.2 cm³/mol. The summed E-state index contributed by atoms with van der Waals surface area (Å²) in [5.74, 6) is -0.408. The molecule has 110 valence electrons. The third-order valence-corrected chi connectivity index (χ3v) is 3.74. The summed E-state index contributed by atoms with van der Waals surface area (Å²) in [6.45, 7) is -0.0400. The molecule has 0 heterocycles. The van der Waals surface area contributed by atoms with Crippen LogP contribution in [-0.2, 0) is 6.61 Å². The fourth-order valence-corrected chi connectivity index (χ4v) is 2.19. The normalized spacial score (nSPS) is 10.5. The van der Waals surface area contributed by atoms with E-state index >= 15 is 0 Å². The zero-order valence-corrected chi connectivity index (χ0v) is 12.9. The van der Waals surface area contributed by atoms with Crippen LogP contribution in [0.4, 0.5) is 4.39 Å². The number of nitrogens with one attached hydrogen (secondary N) is 1. The molecule has 0 spiro atoms. The Balaban J connectivity index is 2.17. The van der Waals surface area contributed by atoms with Crippen molar-refractivity contribution in [2.24, 2.45) is 5.73 Å². The molecule has 3 N–H and O–H groups in total. The molecule has 0 aliphatic heterocycles. The van der Waals surface area contributed by atoms with E-state index in [9.17, 15) is 4.39 Å². The van der Waals surface area contributed by atoms with E-state index in [0.717, 1.165) is 0 Å². The Bertz CT molecular complexity index is 707. The first kappa shape index (κ1) is 15.9. The van der Waals surface area contributed by atoms with E-state index < -0.39 is 5.82 Å². The van der Waals surface area contributed by atoms with Gasteiger partial charge in [-0.2, -0.15) is 0 Å². The molecule has 0 radical (unpaired) electrons. The van der Waals surface area contributed by atoms with Crippen molar-refractivity contribution in [2.45, 2.75) is 6.61 Å². The van der Waals surface area contributed by atoms with Crippen LogP contribution in [0.2, 0.25) is 15.1 Å². The largest absolute Gasteiger partial charge is 0.487 e. The molecule has 0 amide bonds. The average molecular weight is 348 g/mol. The molecule has 0 saturated heterocycles. The summed E-state index contributed by atoms with van der Waals surface area (Å²) in [7, 11) is 0. The Morgan fingerprint density at radius 3 is 2.38 bits per heavy atom. The van der Waals surface area contributed by atoms with Crippen molar-refractivity contribution in [3.05, 3.63) is 62.3 Å². The highest BCUT2D eigenvalue weighted by Gasteiger charge is 2.10. The number of ether oxygens (including phenoxy) is 1. The highest BCUT2D eigenvalue weighted by Crippen LogP contribution is 2.34. The van der Waals surface area contributed by atoms with Gasteiger partial charge in [0.15, 0.2) is 0 Å². The number of amidine groups is 1.